The number of aliphatic hydroxyl groups is 1. The summed E-state index contributed by atoms with van der Waals surface area (Å²) in [4.78, 5) is 28.5. The van der Waals surface area contributed by atoms with Crippen LogP contribution in [-0.4, -0.2) is 23.4 Å². The average molecular weight is 492 g/mol. The predicted molar refractivity (Wildman–Crippen MR) is 147 cm³/mol. The van der Waals surface area contributed by atoms with Crippen LogP contribution in [0.4, 0.5) is 5.69 Å². The number of hydrogen-bond donors (Lipinski definition) is 1. The zero-order valence-corrected chi connectivity index (χ0v) is 21.1. The number of nitrogens with zero attached hydrogens (tertiary/aromatic N) is 1. The molecule has 5 rings (SSSR count). The second-order valence-corrected chi connectivity index (χ2v) is 9.81. The quantitative estimate of drug-likeness (QED) is 0.183. The van der Waals surface area contributed by atoms with Gasteiger partial charge in [-0.3, -0.25) is 14.5 Å². The number of carbonyl (C=O) groups is 2. The number of ketones is 1. The van der Waals surface area contributed by atoms with Crippen LogP contribution in [0.5, 0.6) is 5.75 Å². The van der Waals surface area contributed by atoms with E-state index in [0.717, 1.165) is 21.9 Å². The minimum atomic E-state index is -0.777. The molecule has 4 aromatic carbocycles. The lowest BCUT2D eigenvalue weighted by molar-refractivity contribution is -0.132. The van der Waals surface area contributed by atoms with Crippen LogP contribution in [0.2, 0.25) is 0 Å². The maximum absolute atomic E-state index is 13.5. The summed E-state index contributed by atoms with van der Waals surface area (Å²) in [6.45, 7) is 6.69. The van der Waals surface area contributed by atoms with Gasteiger partial charge in [-0.05, 0) is 53.4 Å². The largest absolute Gasteiger partial charge is 0.507 e. The van der Waals surface area contributed by atoms with E-state index < -0.39 is 17.7 Å². The molecule has 0 radical (unpaired) electrons. The van der Waals surface area contributed by atoms with E-state index in [9.17, 15) is 14.7 Å². The second kappa shape index (κ2) is 9.94. The Bertz CT molecular complexity index is 1510. The lowest BCUT2D eigenvalue weighted by atomic mass is 9.92. The summed E-state index contributed by atoms with van der Waals surface area (Å²) in [5.74, 6) is -0.493. The third-order valence-corrected chi connectivity index (χ3v) is 6.55. The highest BCUT2D eigenvalue weighted by Gasteiger charge is 2.47. The van der Waals surface area contributed by atoms with Gasteiger partial charge in [-0.1, -0.05) is 86.1 Å². The minimum absolute atomic E-state index is 0.0760. The minimum Gasteiger partial charge on any atom is -0.507 e. The number of rotatable bonds is 6. The Hall–Kier alpha value is -4.38. The topological polar surface area (TPSA) is 66.8 Å². The van der Waals surface area contributed by atoms with Gasteiger partial charge in [0.15, 0.2) is 0 Å². The number of benzene rings is 4. The van der Waals surface area contributed by atoms with Crippen molar-refractivity contribution in [1.82, 2.24) is 0 Å². The third-order valence-electron chi connectivity index (χ3n) is 6.55. The molecule has 5 heteroatoms. The fourth-order valence-corrected chi connectivity index (χ4v) is 4.80. The van der Waals surface area contributed by atoms with Gasteiger partial charge < -0.3 is 9.84 Å². The highest BCUT2D eigenvalue weighted by Crippen LogP contribution is 2.43. The second-order valence-electron chi connectivity index (χ2n) is 9.81. The first-order chi connectivity index (χ1) is 17.8. The van der Waals surface area contributed by atoms with Gasteiger partial charge in [-0.15, -0.1) is 0 Å². The first-order valence-corrected chi connectivity index (χ1v) is 12.4. The van der Waals surface area contributed by atoms with Gasteiger partial charge >= 0.3 is 0 Å². The van der Waals surface area contributed by atoms with Crippen LogP contribution in [0.1, 0.15) is 36.6 Å². The zero-order valence-electron chi connectivity index (χ0n) is 21.1. The molecule has 1 fully saturated rings. The summed E-state index contributed by atoms with van der Waals surface area (Å²) in [5, 5.41) is 13.3. The Morgan fingerprint density at radius 2 is 1.62 bits per heavy atom. The van der Waals surface area contributed by atoms with Gasteiger partial charge in [0.25, 0.3) is 11.7 Å². The number of aliphatic hydroxyl groups excluding tert-OH is 1. The number of carbonyl (C=O) groups excluding carboxylic acids is 2. The molecule has 1 atom stereocenters. The molecule has 5 nitrogen and oxygen atoms in total. The summed E-state index contributed by atoms with van der Waals surface area (Å²) in [5.41, 5.74) is 2.90. The maximum Gasteiger partial charge on any atom is 0.300 e. The number of anilines is 1. The molecule has 1 aliphatic rings. The van der Waals surface area contributed by atoms with Gasteiger partial charge in [0.2, 0.25) is 0 Å². The van der Waals surface area contributed by atoms with Crippen molar-refractivity contribution in [3.63, 3.8) is 0 Å². The van der Waals surface area contributed by atoms with Crippen molar-refractivity contribution in [1.29, 1.82) is 0 Å². The summed E-state index contributed by atoms with van der Waals surface area (Å²) < 4.78 is 5.80. The Balaban J connectivity index is 1.67. The van der Waals surface area contributed by atoms with E-state index in [0.29, 0.717) is 29.5 Å². The molecule has 4 aromatic rings. The lowest BCUT2D eigenvalue weighted by Crippen LogP contribution is -2.29. The van der Waals surface area contributed by atoms with Crippen molar-refractivity contribution in [2.45, 2.75) is 26.8 Å². The van der Waals surface area contributed by atoms with E-state index in [2.05, 4.69) is 13.8 Å². The summed E-state index contributed by atoms with van der Waals surface area (Å²) in [6.07, 6.45) is 0. The van der Waals surface area contributed by atoms with Gasteiger partial charge in [0.1, 0.15) is 11.5 Å². The Kier molecular flexibility index (Phi) is 6.53. The van der Waals surface area contributed by atoms with Crippen LogP contribution in [0.3, 0.4) is 0 Å². The molecule has 1 heterocycles. The standard InChI is InChI=1S/C32H29NO4/c1-20(2)19-37-25-16-14-24(15-17-25)33-29(23-11-6-8-21(3)18-23)28(31(35)32(33)36)30(34)27-13-7-10-22-9-4-5-12-26(22)27/h4-18,20,29,34H,19H2,1-3H3/b30-28-. The SMILES string of the molecule is Cc1cccc(C2/C(=C(/O)c3cccc4ccccc34)C(=O)C(=O)N2c2ccc(OCC(C)C)cc2)c1. The van der Waals surface area contributed by atoms with Crippen LogP contribution >= 0.6 is 0 Å². The van der Waals surface area contributed by atoms with Crippen LogP contribution in [0.15, 0.2) is 96.6 Å². The smallest absolute Gasteiger partial charge is 0.300 e. The maximum atomic E-state index is 13.5. The van der Waals surface area contributed by atoms with Gasteiger partial charge in [0.05, 0.1) is 18.2 Å². The van der Waals surface area contributed by atoms with E-state index >= 15 is 0 Å². The van der Waals surface area contributed by atoms with E-state index in [1.54, 1.807) is 30.3 Å². The van der Waals surface area contributed by atoms with Crippen molar-refractivity contribution in [2.24, 2.45) is 5.92 Å². The Labute approximate surface area is 216 Å². The van der Waals surface area contributed by atoms with Crippen molar-refractivity contribution in [3.05, 3.63) is 113 Å². The molecule has 0 aromatic heterocycles. The molecule has 1 unspecified atom stereocenters. The first kappa shape index (κ1) is 24.3. The van der Waals surface area contributed by atoms with E-state index in [4.69, 9.17) is 4.74 Å². The monoisotopic (exact) mass is 491 g/mol. The normalized spacial score (nSPS) is 17.1. The van der Waals surface area contributed by atoms with Crippen molar-refractivity contribution >= 4 is 33.9 Å². The fraction of sp³-hybridized carbons (Fsp3) is 0.188. The number of hydrogen-bond acceptors (Lipinski definition) is 4. The molecule has 1 N–H and O–H groups in total. The predicted octanol–water partition coefficient (Wildman–Crippen LogP) is 6.81. The average Bonchev–Trinajstić information content (AvgIpc) is 3.17. The molecule has 0 spiro atoms. The van der Waals surface area contributed by atoms with E-state index in [1.165, 1.54) is 4.90 Å². The summed E-state index contributed by atoms with van der Waals surface area (Å²) >= 11 is 0. The van der Waals surface area contributed by atoms with Crippen LogP contribution in [0.25, 0.3) is 16.5 Å². The van der Waals surface area contributed by atoms with Crippen molar-refractivity contribution < 1.29 is 19.4 Å². The number of ether oxygens (including phenoxy) is 1. The molecule has 1 amide bonds. The summed E-state index contributed by atoms with van der Waals surface area (Å²) in [6, 6.07) is 27.3. The Morgan fingerprint density at radius 3 is 2.35 bits per heavy atom. The molecule has 186 valence electrons. The van der Waals surface area contributed by atoms with Gasteiger partial charge in [-0.25, -0.2) is 0 Å². The first-order valence-electron chi connectivity index (χ1n) is 12.4. The molecule has 1 saturated heterocycles. The van der Waals surface area contributed by atoms with Crippen LogP contribution in [0, 0.1) is 12.8 Å². The van der Waals surface area contributed by atoms with Crippen molar-refractivity contribution in [3.8, 4) is 5.75 Å². The zero-order chi connectivity index (χ0) is 26.1. The van der Waals surface area contributed by atoms with E-state index in [1.807, 2.05) is 67.6 Å². The van der Waals surface area contributed by atoms with Crippen molar-refractivity contribution in [2.75, 3.05) is 11.5 Å². The molecular formula is C32H29NO4. The Morgan fingerprint density at radius 1 is 0.919 bits per heavy atom. The molecule has 37 heavy (non-hydrogen) atoms. The molecule has 0 saturated carbocycles. The molecule has 0 bridgehead atoms. The number of amides is 1. The number of Topliss-reactive ketones (excluding diaryl/α,β-unsaturated/α-hetero) is 1. The third kappa shape index (κ3) is 4.60. The number of aryl methyl sites for hydroxylation is 1. The lowest BCUT2D eigenvalue weighted by Gasteiger charge is -2.26. The molecule has 1 aliphatic heterocycles. The molecule has 0 aliphatic carbocycles. The highest BCUT2D eigenvalue weighted by atomic mass is 16.5. The van der Waals surface area contributed by atoms with Gasteiger partial charge in [0, 0.05) is 11.3 Å². The fourth-order valence-electron chi connectivity index (χ4n) is 4.80. The molecular weight excluding hydrogens is 462 g/mol. The number of fused-ring (bicyclic) bond motifs is 1. The van der Waals surface area contributed by atoms with Crippen LogP contribution < -0.4 is 9.64 Å². The summed E-state index contributed by atoms with van der Waals surface area (Å²) in [7, 11) is 0. The van der Waals surface area contributed by atoms with Gasteiger partial charge in [-0.2, -0.15) is 0 Å². The highest BCUT2D eigenvalue weighted by molar-refractivity contribution is 6.51. The van der Waals surface area contributed by atoms with Crippen LogP contribution in [-0.2, 0) is 9.59 Å². The van der Waals surface area contributed by atoms with E-state index in [-0.39, 0.29) is 11.3 Å².